The number of nitrogens with one attached hydrogen (secondary N) is 1. The Morgan fingerprint density at radius 2 is 1.69 bits per heavy atom. The van der Waals surface area contributed by atoms with E-state index < -0.39 is 7.82 Å². The molecule has 1 N–H and O–H groups in total. The highest BCUT2D eigenvalue weighted by atomic mass is 31.2. The van der Waals surface area contributed by atoms with Crippen LogP contribution in [0.1, 0.15) is 24.8 Å². The van der Waals surface area contributed by atoms with Gasteiger partial charge >= 0.3 is 7.82 Å². The minimum atomic E-state index is -3.41. The average molecular weight is 456 g/mol. The van der Waals surface area contributed by atoms with Crippen LogP contribution >= 0.6 is 7.82 Å². The smallest absolute Gasteiger partial charge is 0.356 e. The molecule has 3 rings (SSSR count). The van der Waals surface area contributed by atoms with Crippen LogP contribution in [-0.4, -0.2) is 38.3 Å². The minimum absolute atomic E-state index is 0.0428. The number of benzene rings is 2. The molecule has 0 atom stereocenters. The lowest BCUT2D eigenvalue weighted by Gasteiger charge is -2.14. The van der Waals surface area contributed by atoms with Crippen molar-refractivity contribution in [2.24, 2.45) is 0 Å². The van der Waals surface area contributed by atoms with Gasteiger partial charge in [-0.05, 0) is 42.0 Å². The topological polar surface area (TPSA) is 86.8 Å². The molecule has 1 amide bonds. The number of phosphoric acid groups is 1. The van der Waals surface area contributed by atoms with Crippen LogP contribution in [0.2, 0.25) is 0 Å². The van der Waals surface area contributed by atoms with Gasteiger partial charge in [-0.25, -0.2) is 4.57 Å². The Hall–Kier alpha value is -2.57. The van der Waals surface area contributed by atoms with E-state index in [9.17, 15) is 9.36 Å². The molecule has 0 bridgehead atoms. The summed E-state index contributed by atoms with van der Waals surface area (Å²) in [5.41, 5.74) is 3.92. The van der Waals surface area contributed by atoms with Crippen molar-refractivity contribution >= 4 is 24.6 Å². The summed E-state index contributed by atoms with van der Waals surface area (Å²) in [4.78, 5) is 17.1. The van der Waals surface area contributed by atoms with Gasteiger partial charge in [-0.1, -0.05) is 48.5 Å². The van der Waals surface area contributed by atoms with Crippen molar-refractivity contribution in [1.82, 2.24) is 10.3 Å². The quantitative estimate of drug-likeness (QED) is 0.300. The van der Waals surface area contributed by atoms with Gasteiger partial charge in [0, 0.05) is 32.3 Å². The molecule has 2 aromatic carbocycles. The maximum atomic E-state index is 12.6. The second kappa shape index (κ2) is 11.9. The molecule has 0 saturated heterocycles. The van der Waals surface area contributed by atoms with E-state index in [0.717, 1.165) is 40.4 Å². The van der Waals surface area contributed by atoms with Crippen molar-refractivity contribution in [2.45, 2.75) is 25.7 Å². The number of nitrogens with zero attached hydrogens (tertiary/aromatic N) is 1. The monoisotopic (exact) mass is 456 g/mol. The molecule has 1 aromatic heterocycles. The van der Waals surface area contributed by atoms with Gasteiger partial charge in [0.1, 0.15) is 0 Å². The number of phosphoric ester groups is 1. The van der Waals surface area contributed by atoms with Crippen LogP contribution in [0, 0.1) is 0 Å². The Kier molecular flexibility index (Phi) is 8.94. The second-order valence-corrected chi connectivity index (χ2v) is 9.16. The molecule has 0 fully saturated rings. The van der Waals surface area contributed by atoms with E-state index in [4.69, 9.17) is 13.6 Å². The number of rotatable bonds is 12. The fourth-order valence-electron chi connectivity index (χ4n) is 3.49. The van der Waals surface area contributed by atoms with Gasteiger partial charge in [-0.2, -0.15) is 0 Å². The molecule has 1 heterocycles. The maximum absolute atomic E-state index is 12.6. The Bertz CT molecular complexity index is 1070. The third-order valence-electron chi connectivity index (χ3n) is 5.11. The van der Waals surface area contributed by atoms with Crippen LogP contribution in [-0.2, 0) is 29.4 Å². The summed E-state index contributed by atoms with van der Waals surface area (Å²) in [5.74, 6) is -0.0428. The number of hydrogen-bond acceptors (Lipinski definition) is 6. The van der Waals surface area contributed by atoms with Crippen LogP contribution in [0.5, 0.6) is 0 Å². The summed E-state index contributed by atoms with van der Waals surface area (Å²) < 4.78 is 26.4. The first-order chi connectivity index (χ1) is 15.6. The van der Waals surface area contributed by atoms with Gasteiger partial charge in [0.15, 0.2) is 0 Å². The number of fused-ring (bicyclic) bond motifs is 1. The third kappa shape index (κ3) is 6.47. The highest BCUT2D eigenvalue weighted by molar-refractivity contribution is 7.48. The maximum Gasteiger partial charge on any atom is 0.474 e. The van der Waals surface area contributed by atoms with E-state index in [1.165, 1.54) is 14.2 Å². The summed E-state index contributed by atoms with van der Waals surface area (Å²) in [6.07, 6.45) is 4.36. The number of hydrogen-bond donors (Lipinski definition) is 1. The first-order valence-electron chi connectivity index (χ1n) is 10.6. The number of amides is 1. The van der Waals surface area contributed by atoms with Gasteiger partial charge in [-0.3, -0.25) is 23.3 Å². The van der Waals surface area contributed by atoms with E-state index in [0.29, 0.717) is 13.0 Å². The van der Waals surface area contributed by atoms with Crippen LogP contribution in [0.25, 0.3) is 22.0 Å². The summed E-state index contributed by atoms with van der Waals surface area (Å²) >= 11 is 0. The third-order valence-corrected chi connectivity index (χ3v) is 6.50. The zero-order chi connectivity index (χ0) is 22.8. The molecule has 8 heteroatoms. The molecule has 0 saturated carbocycles. The van der Waals surface area contributed by atoms with Crippen LogP contribution in [0.3, 0.4) is 0 Å². The van der Waals surface area contributed by atoms with Crippen molar-refractivity contribution in [3.8, 4) is 11.1 Å². The first kappa shape index (κ1) is 24.1. The zero-order valence-electron chi connectivity index (χ0n) is 18.5. The Morgan fingerprint density at radius 1 is 0.969 bits per heavy atom. The summed E-state index contributed by atoms with van der Waals surface area (Å²) in [6, 6.07) is 18.1. The Labute approximate surface area is 188 Å². The lowest BCUT2D eigenvalue weighted by atomic mass is 9.95. The Morgan fingerprint density at radius 3 is 2.44 bits per heavy atom. The molecule has 170 valence electrons. The number of unbranched alkanes of at least 4 members (excludes halogenated alkanes) is 2. The summed E-state index contributed by atoms with van der Waals surface area (Å²) in [7, 11) is -0.843. The first-order valence-corrected chi connectivity index (χ1v) is 12.1. The van der Waals surface area contributed by atoms with Gasteiger partial charge < -0.3 is 5.32 Å². The van der Waals surface area contributed by atoms with Crippen molar-refractivity contribution in [3.05, 3.63) is 66.4 Å². The standard InChI is InChI=1S/C24H29N2O5P/c1-29-32(28,30-2)31-16-10-4-9-15-25-23(27)17-20-18-26-22-14-8-7-13-21(22)24(20)19-11-5-3-6-12-19/h3,5-8,11-14,18H,4,9-10,15-17H2,1-2H3,(H,25,27). The van der Waals surface area contributed by atoms with E-state index in [1.807, 2.05) is 42.5 Å². The largest absolute Gasteiger partial charge is 0.474 e. The molecular weight excluding hydrogens is 427 g/mol. The number of carbonyl (C=O) groups excluding carboxylic acids is 1. The van der Waals surface area contributed by atoms with E-state index >= 15 is 0 Å². The van der Waals surface area contributed by atoms with Gasteiger partial charge in [0.05, 0.1) is 18.5 Å². The SMILES string of the molecule is COP(=O)(OC)OCCCCCNC(=O)Cc1cnc2ccccc2c1-c1ccccc1. The fourth-order valence-corrected chi connectivity index (χ4v) is 4.20. The molecule has 0 spiro atoms. The van der Waals surface area contributed by atoms with Crippen molar-refractivity contribution in [1.29, 1.82) is 0 Å². The lowest BCUT2D eigenvalue weighted by molar-refractivity contribution is -0.120. The van der Waals surface area contributed by atoms with Crippen molar-refractivity contribution in [2.75, 3.05) is 27.4 Å². The van der Waals surface area contributed by atoms with E-state index in [1.54, 1.807) is 6.20 Å². The summed E-state index contributed by atoms with van der Waals surface area (Å²) in [6.45, 7) is 0.836. The lowest BCUT2D eigenvalue weighted by Crippen LogP contribution is -2.26. The molecule has 0 aliphatic rings. The Balaban J connectivity index is 1.54. The number of carbonyl (C=O) groups is 1. The molecule has 0 aliphatic carbocycles. The fraction of sp³-hybridized carbons (Fsp3) is 0.333. The molecule has 0 aliphatic heterocycles. The number of para-hydroxylation sites is 1. The van der Waals surface area contributed by atoms with E-state index in [-0.39, 0.29) is 18.9 Å². The molecule has 0 unspecified atom stereocenters. The number of pyridine rings is 1. The summed E-state index contributed by atoms with van der Waals surface area (Å²) in [5, 5.41) is 4.01. The molecule has 3 aromatic rings. The highest BCUT2D eigenvalue weighted by Gasteiger charge is 2.21. The van der Waals surface area contributed by atoms with E-state index in [2.05, 4.69) is 22.4 Å². The van der Waals surface area contributed by atoms with Crippen LogP contribution < -0.4 is 5.32 Å². The normalized spacial score (nSPS) is 11.6. The molecule has 0 radical (unpaired) electrons. The zero-order valence-corrected chi connectivity index (χ0v) is 19.3. The molecule has 7 nitrogen and oxygen atoms in total. The van der Waals surface area contributed by atoms with Crippen molar-refractivity contribution in [3.63, 3.8) is 0 Å². The van der Waals surface area contributed by atoms with Gasteiger partial charge in [-0.15, -0.1) is 0 Å². The number of aromatic nitrogens is 1. The van der Waals surface area contributed by atoms with Crippen molar-refractivity contribution < 1.29 is 22.9 Å². The molecule has 32 heavy (non-hydrogen) atoms. The predicted octanol–water partition coefficient (Wildman–Crippen LogP) is 5.15. The molecular formula is C24H29N2O5P. The van der Waals surface area contributed by atoms with Gasteiger partial charge in [0.2, 0.25) is 5.91 Å². The minimum Gasteiger partial charge on any atom is -0.356 e. The predicted molar refractivity (Wildman–Crippen MR) is 125 cm³/mol. The highest BCUT2D eigenvalue weighted by Crippen LogP contribution is 2.47. The second-order valence-electron chi connectivity index (χ2n) is 7.27. The van der Waals surface area contributed by atoms with Gasteiger partial charge in [0.25, 0.3) is 0 Å². The van der Waals surface area contributed by atoms with Crippen LogP contribution in [0.4, 0.5) is 0 Å². The van der Waals surface area contributed by atoms with Crippen LogP contribution in [0.15, 0.2) is 60.8 Å². The average Bonchev–Trinajstić information content (AvgIpc) is 2.83.